The molecular weight excluding hydrogens is 245 g/mol. The van der Waals surface area contributed by atoms with Gasteiger partial charge in [-0.2, -0.15) is 0 Å². The van der Waals surface area contributed by atoms with Gasteiger partial charge >= 0.3 is 0 Å². The molecule has 0 aliphatic rings. The Morgan fingerprint density at radius 2 is 1.78 bits per heavy atom. The molecule has 0 heterocycles. The van der Waals surface area contributed by atoms with Gasteiger partial charge in [-0.15, -0.1) is 0 Å². The molecule has 1 rings (SSSR count). The molecule has 1 amide bonds. The lowest BCUT2D eigenvalue weighted by atomic mass is 10.1. The average molecular weight is 260 g/mol. The molecule has 1 aromatic rings. The van der Waals surface area contributed by atoms with E-state index in [1.807, 2.05) is 6.92 Å². The molecule has 0 bridgehead atoms. The fourth-order valence-corrected chi connectivity index (χ4v) is 1.60. The minimum Gasteiger partial charge on any atom is -0.337 e. The third kappa shape index (κ3) is 3.22. The van der Waals surface area contributed by atoms with Crippen molar-refractivity contribution in [3.8, 4) is 0 Å². The van der Waals surface area contributed by atoms with Gasteiger partial charge in [-0.3, -0.25) is 4.79 Å². The van der Waals surface area contributed by atoms with E-state index in [-0.39, 0.29) is 18.7 Å². The highest BCUT2D eigenvalue weighted by Crippen LogP contribution is 2.15. The van der Waals surface area contributed by atoms with Gasteiger partial charge in [-0.1, -0.05) is 6.92 Å². The van der Waals surface area contributed by atoms with Crippen LogP contribution >= 0.6 is 0 Å². The van der Waals surface area contributed by atoms with Gasteiger partial charge in [0.1, 0.15) is 0 Å². The van der Waals surface area contributed by atoms with Crippen molar-refractivity contribution in [3.05, 3.63) is 35.1 Å². The maximum absolute atomic E-state index is 13.0. The van der Waals surface area contributed by atoms with Crippen LogP contribution in [0.1, 0.15) is 23.7 Å². The molecule has 0 radical (unpaired) electrons. The summed E-state index contributed by atoms with van der Waals surface area (Å²) in [6, 6.07) is 1.39. The summed E-state index contributed by atoms with van der Waals surface area (Å²) in [4.78, 5) is 13.3. The van der Waals surface area contributed by atoms with E-state index < -0.39 is 23.4 Å². The Hall–Kier alpha value is -1.56. The Kier molecular flexibility index (Phi) is 5.15. The molecule has 0 aliphatic heterocycles. The molecular formula is C12H15F3N2O. The second-order valence-electron chi connectivity index (χ2n) is 3.83. The second kappa shape index (κ2) is 6.39. The Morgan fingerprint density at radius 3 is 2.22 bits per heavy atom. The zero-order valence-electron chi connectivity index (χ0n) is 10.0. The molecule has 0 aromatic heterocycles. The predicted octanol–water partition coefficient (Wildman–Crippen LogP) is 1.91. The molecule has 0 spiro atoms. The van der Waals surface area contributed by atoms with Gasteiger partial charge in [0.05, 0.1) is 0 Å². The molecule has 100 valence electrons. The van der Waals surface area contributed by atoms with Crippen molar-refractivity contribution in [1.29, 1.82) is 0 Å². The number of rotatable bonds is 5. The van der Waals surface area contributed by atoms with Crippen molar-refractivity contribution in [3.63, 3.8) is 0 Å². The normalized spacial score (nSPS) is 10.5. The second-order valence-corrected chi connectivity index (χ2v) is 3.83. The number of nitrogens with zero attached hydrogens (tertiary/aromatic N) is 1. The van der Waals surface area contributed by atoms with Crippen molar-refractivity contribution >= 4 is 5.91 Å². The number of hydrogen-bond donors (Lipinski definition) is 1. The van der Waals surface area contributed by atoms with E-state index in [0.717, 1.165) is 0 Å². The number of carbonyl (C=O) groups is 1. The monoisotopic (exact) mass is 260 g/mol. The predicted molar refractivity (Wildman–Crippen MR) is 61.6 cm³/mol. The molecule has 0 saturated carbocycles. The molecule has 0 aliphatic carbocycles. The van der Waals surface area contributed by atoms with Gasteiger partial charge in [-0.25, -0.2) is 13.2 Å². The maximum atomic E-state index is 13.0. The van der Waals surface area contributed by atoms with E-state index in [0.29, 0.717) is 25.1 Å². The van der Waals surface area contributed by atoms with Crippen molar-refractivity contribution in [2.24, 2.45) is 5.73 Å². The highest BCUT2D eigenvalue weighted by molar-refractivity contribution is 5.94. The quantitative estimate of drug-likeness (QED) is 0.822. The molecule has 0 atom stereocenters. The first-order valence-electron chi connectivity index (χ1n) is 5.65. The van der Waals surface area contributed by atoms with E-state index >= 15 is 0 Å². The minimum atomic E-state index is -1.58. The fourth-order valence-electron chi connectivity index (χ4n) is 1.60. The first-order chi connectivity index (χ1) is 8.51. The summed E-state index contributed by atoms with van der Waals surface area (Å²) in [5.41, 5.74) is 5.14. The van der Waals surface area contributed by atoms with Gasteiger partial charge in [0.15, 0.2) is 17.5 Å². The summed E-state index contributed by atoms with van der Waals surface area (Å²) in [5, 5.41) is 0. The molecule has 2 N–H and O–H groups in total. The first kappa shape index (κ1) is 14.5. The van der Waals surface area contributed by atoms with Gasteiger partial charge in [0, 0.05) is 25.2 Å². The van der Waals surface area contributed by atoms with Crippen molar-refractivity contribution in [1.82, 2.24) is 4.90 Å². The summed E-state index contributed by atoms with van der Waals surface area (Å²) in [6.07, 6.45) is 0.692. The van der Waals surface area contributed by atoms with Crippen LogP contribution in [0.2, 0.25) is 0 Å². The lowest BCUT2D eigenvalue weighted by molar-refractivity contribution is 0.0759. The number of halogens is 3. The van der Waals surface area contributed by atoms with Crippen LogP contribution in [0.3, 0.4) is 0 Å². The highest BCUT2D eigenvalue weighted by Gasteiger charge is 2.19. The van der Waals surface area contributed by atoms with E-state index in [1.54, 1.807) is 0 Å². The average Bonchev–Trinajstić information content (AvgIpc) is 2.34. The van der Waals surface area contributed by atoms with Gasteiger partial charge in [0.2, 0.25) is 0 Å². The molecule has 0 unspecified atom stereocenters. The maximum Gasteiger partial charge on any atom is 0.254 e. The third-order valence-electron chi connectivity index (χ3n) is 2.41. The highest BCUT2D eigenvalue weighted by atomic mass is 19.2. The number of carbonyl (C=O) groups excluding carboxylic acids is 1. The van der Waals surface area contributed by atoms with Gasteiger partial charge < -0.3 is 10.6 Å². The van der Waals surface area contributed by atoms with Crippen molar-refractivity contribution < 1.29 is 18.0 Å². The van der Waals surface area contributed by atoms with Crippen LogP contribution in [-0.4, -0.2) is 30.4 Å². The van der Waals surface area contributed by atoms with Crippen LogP contribution in [0, 0.1) is 17.5 Å². The summed E-state index contributed by atoms with van der Waals surface area (Å²) in [5.74, 6) is -4.88. The van der Waals surface area contributed by atoms with Crippen molar-refractivity contribution in [2.75, 3.05) is 19.6 Å². The van der Waals surface area contributed by atoms with Crippen LogP contribution in [0.15, 0.2) is 12.1 Å². The van der Waals surface area contributed by atoms with E-state index in [1.165, 1.54) is 4.90 Å². The topological polar surface area (TPSA) is 46.3 Å². The zero-order chi connectivity index (χ0) is 13.7. The van der Waals surface area contributed by atoms with E-state index in [4.69, 9.17) is 5.73 Å². The van der Waals surface area contributed by atoms with E-state index in [2.05, 4.69) is 0 Å². The summed E-state index contributed by atoms with van der Waals surface area (Å²) < 4.78 is 38.8. The molecule has 18 heavy (non-hydrogen) atoms. The summed E-state index contributed by atoms with van der Waals surface area (Å²) in [7, 11) is 0. The number of hydrogen-bond acceptors (Lipinski definition) is 2. The van der Waals surface area contributed by atoms with E-state index in [9.17, 15) is 18.0 Å². The Balaban J connectivity index is 3.01. The SMILES string of the molecule is CCCN(CCN)C(=O)c1cc(F)c(F)c(F)c1. The van der Waals surface area contributed by atoms with Crippen LogP contribution in [0.5, 0.6) is 0 Å². The van der Waals surface area contributed by atoms with Crippen LogP contribution in [0.25, 0.3) is 0 Å². The van der Waals surface area contributed by atoms with Crippen molar-refractivity contribution in [2.45, 2.75) is 13.3 Å². The van der Waals surface area contributed by atoms with Crippen LogP contribution < -0.4 is 5.73 Å². The number of nitrogens with two attached hydrogens (primary N) is 1. The third-order valence-corrected chi connectivity index (χ3v) is 2.41. The molecule has 0 saturated heterocycles. The lowest BCUT2D eigenvalue weighted by Gasteiger charge is -2.21. The number of amides is 1. The molecule has 0 fully saturated rings. The summed E-state index contributed by atoms with van der Waals surface area (Å²) >= 11 is 0. The Labute approximate surface area is 103 Å². The smallest absolute Gasteiger partial charge is 0.254 e. The van der Waals surface area contributed by atoms with Gasteiger partial charge in [0.25, 0.3) is 5.91 Å². The van der Waals surface area contributed by atoms with Gasteiger partial charge in [-0.05, 0) is 18.6 Å². The van der Waals surface area contributed by atoms with Crippen LogP contribution in [-0.2, 0) is 0 Å². The van der Waals surface area contributed by atoms with Crippen LogP contribution in [0.4, 0.5) is 13.2 Å². The molecule has 3 nitrogen and oxygen atoms in total. The standard InChI is InChI=1S/C12H15F3N2O/c1-2-4-17(5-3-16)12(18)8-6-9(13)11(15)10(14)7-8/h6-7H,2-5,16H2,1H3. The number of benzene rings is 1. The summed E-state index contributed by atoms with van der Waals surface area (Å²) in [6.45, 7) is 2.82. The first-order valence-corrected chi connectivity index (χ1v) is 5.65. The largest absolute Gasteiger partial charge is 0.337 e. The Bertz CT molecular complexity index is 408. The lowest BCUT2D eigenvalue weighted by Crippen LogP contribution is -2.36. The zero-order valence-corrected chi connectivity index (χ0v) is 10.0. The fraction of sp³-hybridized carbons (Fsp3) is 0.417. The Morgan fingerprint density at radius 1 is 1.22 bits per heavy atom. The minimum absolute atomic E-state index is 0.215. The molecule has 6 heteroatoms. The molecule has 1 aromatic carbocycles.